The first-order valence-electron chi connectivity index (χ1n) is 13.5. The van der Waals surface area contributed by atoms with Gasteiger partial charge in [-0.25, -0.2) is 4.79 Å². The number of nitrogens with one attached hydrogen (secondary N) is 2. The maximum absolute atomic E-state index is 13.0. The van der Waals surface area contributed by atoms with Gasteiger partial charge < -0.3 is 24.8 Å². The lowest BCUT2D eigenvalue weighted by molar-refractivity contribution is -0.145. The molecule has 1 fully saturated rings. The van der Waals surface area contributed by atoms with Gasteiger partial charge in [-0.3, -0.25) is 9.69 Å². The highest BCUT2D eigenvalue weighted by Crippen LogP contribution is 2.40. The Morgan fingerprint density at radius 2 is 1.80 bits per heavy atom. The van der Waals surface area contributed by atoms with E-state index in [4.69, 9.17) is 37.4 Å². The van der Waals surface area contributed by atoms with Gasteiger partial charge in [-0.1, -0.05) is 53.5 Å². The Labute approximate surface area is 249 Å². The van der Waals surface area contributed by atoms with E-state index in [1.807, 2.05) is 42.5 Å². The summed E-state index contributed by atoms with van der Waals surface area (Å²) >= 11 is 12.8. The van der Waals surface area contributed by atoms with Crippen molar-refractivity contribution >= 4 is 52.0 Å². The maximum atomic E-state index is 13.0. The minimum absolute atomic E-state index is 0.146. The number of esters is 1. The molecule has 0 bridgehead atoms. The summed E-state index contributed by atoms with van der Waals surface area (Å²) in [5, 5.41) is 6.85. The largest absolute Gasteiger partial charge is 0.492 e. The Balaban J connectivity index is 1.23. The van der Waals surface area contributed by atoms with Gasteiger partial charge in [-0.05, 0) is 47.5 Å². The number of halogens is 2. The molecule has 2 heterocycles. The first-order valence-corrected chi connectivity index (χ1v) is 14.2. The van der Waals surface area contributed by atoms with Gasteiger partial charge in [0.25, 0.3) is 0 Å². The molecule has 8 nitrogen and oxygen atoms in total. The van der Waals surface area contributed by atoms with Gasteiger partial charge in [0.15, 0.2) is 0 Å². The molecule has 1 amide bonds. The van der Waals surface area contributed by atoms with Crippen molar-refractivity contribution in [3.63, 3.8) is 0 Å². The molecule has 10 heteroatoms. The number of fused-ring (bicyclic) bond motifs is 1. The Morgan fingerprint density at radius 3 is 2.56 bits per heavy atom. The molecule has 0 saturated carbocycles. The number of morpholine rings is 1. The van der Waals surface area contributed by atoms with Crippen LogP contribution in [0.5, 0.6) is 5.75 Å². The maximum Gasteiger partial charge on any atom is 0.329 e. The number of carbonyl (C=O) groups excluding carboxylic acids is 2. The third-order valence-electron chi connectivity index (χ3n) is 6.85. The van der Waals surface area contributed by atoms with E-state index in [-0.39, 0.29) is 18.9 Å². The first-order chi connectivity index (χ1) is 19.9. The van der Waals surface area contributed by atoms with Crippen molar-refractivity contribution < 1.29 is 23.8 Å². The topological polar surface area (TPSA) is 89.1 Å². The molecular formula is C31H31Cl2N3O5. The fraction of sp³-hybridized carbons (Fsp3) is 0.290. The van der Waals surface area contributed by atoms with Crippen LogP contribution >= 0.6 is 23.2 Å². The number of ether oxygens (including phenoxy) is 3. The highest BCUT2D eigenvalue weighted by molar-refractivity contribution is 6.36. The van der Waals surface area contributed by atoms with Crippen LogP contribution in [0.3, 0.4) is 0 Å². The molecule has 1 atom stereocenters. The molecule has 3 aromatic carbocycles. The molecule has 0 radical (unpaired) electrons. The molecular weight excluding hydrogens is 565 g/mol. The normalized spacial score (nSPS) is 17.8. The van der Waals surface area contributed by atoms with Crippen LogP contribution in [0.2, 0.25) is 10.0 Å². The fourth-order valence-corrected chi connectivity index (χ4v) is 5.38. The standard InChI is InChI=1S/C31H31Cl2N3O5/c32-23-18-26(33)30-22(16-28(35-27(30)19-23)31(38)41-20-21-4-2-1-3-5-21)17-29(37)34-24-6-8-25(9-7-24)40-15-12-36-10-13-39-14-11-36/h1-9,17-19,28,35H,10-16,20H2,(H,34,37)/b22-17+. The first kappa shape index (κ1) is 29.0. The van der Waals surface area contributed by atoms with E-state index in [9.17, 15) is 9.59 Å². The number of hydrogen-bond acceptors (Lipinski definition) is 7. The smallest absolute Gasteiger partial charge is 0.329 e. The summed E-state index contributed by atoms with van der Waals surface area (Å²) in [6.45, 7) is 4.90. The molecule has 2 aliphatic rings. The molecule has 41 heavy (non-hydrogen) atoms. The number of rotatable bonds is 9. The second-order valence-corrected chi connectivity index (χ2v) is 10.6. The predicted molar refractivity (Wildman–Crippen MR) is 161 cm³/mol. The summed E-state index contributed by atoms with van der Waals surface area (Å²) < 4.78 is 16.8. The summed E-state index contributed by atoms with van der Waals surface area (Å²) in [6, 6.07) is 19.2. The van der Waals surface area contributed by atoms with E-state index in [0.29, 0.717) is 39.2 Å². The van der Waals surface area contributed by atoms with Gasteiger partial charge in [0.1, 0.15) is 25.0 Å². The van der Waals surface area contributed by atoms with Crippen LogP contribution in [-0.4, -0.2) is 62.3 Å². The number of amides is 1. The minimum Gasteiger partial charge on any atom is -0.492 e. The molecule has 5 rings (SSSR count). The predicted octanol–water partition coefficient (Wildman–Crippen LogP) is 5.65. The third kappa shape index (κ3) is 8.01. The molecule has 0 aliphatic carbocycles. The summed E-state index contributed by atoms with van der Waals surface area (Å²) in [7, 11) is 0. The van der Waals surface area contributed by atoms with Crippen molar-refractivity contribution in [2.24, 2.45) is 0 Å². The van der Waals surface area contributed by atoms with Crippen LogP contribution in [0, 0.1) is 0 Å². The SMILES string of the molecule is O=C(/C=C1\CC(C(=O)OCc2ccccc2)Nc2cc(Cl)cc(Cl)c21)Nc1ccc(OCCN2CCOCC2)cc1. The van der Waals surface area contributed by atoms with Crippen molar-refractivity contribution in [2.75, 3.05) is 50.1 Å². The summed E-state index contributed by atoms with van der Waals surface area (Å²) in [5.41, 5.74) is 3.28. The number of carbonyl (C=O) groups is 2. The lowest BCUT2D eigenvalue weighted by atomic mass is 9.91. The highest BCUT2D eigenvalue weighted by atomic mass is 35.5. The molecule has 2 aliphatic heterocycles. The fourth-order valence-electron chi connectivity index (χ4n) is 4.77. The van der Waals surface area contributed by atoms with E-state index < -0.39 is 12.0 Å². The van der Waals surface area contributed by atoms with E-state index >= 15 is 0 Å². The van der Waals surface area contributed by atoms with Crippen molar-refractivity contribution in [3.05, 3.63) is 94.0 Å². The Bertz CT molecular complexity index is 1390. The highest BCUT2D eigenvalue weighted by Gasteiger charge is 2.30. The average Bonchev–Trinajstić information content (AvgIpc) is 2.97. The second kappa shape index (κ2) is 13.9. The average molecular weight is 597 g/mol. The van der Waals surface area contributed by atoms with Crippen LogP contribution in [0.15, 0.2) is 72.8 Å². The summed E-state index contributed by atoms with van der Waals surface area (Å²) in [6.07, 6.45) is 1.68. The van der Waals surface area contributed by atoms with Crippen LogP contribution in [0.1, 0.15) is 17.5 Å². The van der Waals surface area contributed by atoms with Crippen LogP contribution < -0.4 is 15.4 Å². The zero-order chi connectivity index (χ0) is 28.6. The van der Waals surface area contributed by atoms with Crippen LogP contribution in [0.4, 0.5) is 11.4 Å². The zero-order valence-electron chi connectivity index (χ0n) is 22.4. The number of hydrogen-bond donors (Lipinski definition) is 2. The molecule has 0 aromatic heterocycles. The van der Waals surface area contributed by atoms with Crippen LogP contribution in [0.25, 0.3) is 5.57 Å². The van der Waals surface area contributed by atoms with Gasteiger partial charge in [0.2, 0.25) is 5.91 Å². The number of anilines is 2. The van der Waals surface area contributed by atoms with Gasteiger partial charge >= 0.3 is 5.97 Å². The minimum atomic E-state index is -0.714. The Hall–Kier alpha value is -3.56. The van der Waals surface area contributed by atoms with Gasteiger partial charge in [0.05, 0.1) is 18.2 Å². The molecule has 1 saturated heterocycles. The molecule has 214 valence electrons. The Morgan fingerprint density at radius 1 is 1.05 bits per heavy atom. The summed E-state index contributed by atoms with van der Waals surface area (Å²) in [5.74, 6) is -0.0650. The van der Waals surface area contributed by atoms with Crippen molar-refractivity contribution in [2.45, 2.75) is 19.1 Å². The van der Waals surface area contributed by atoms with E-state index in [0.717, 1.165) is 44.2 Å². The van der Waals surface area contributed by atoms with Crippen molar-refractivity contribution in [1.29, 1.82) is 0 Å². The molecule has 0 spiro atoms. The molecule has 1 unspecified atom stereocenters. The van der Waals surface area contributed by atoms with Gasteiger partial charge in [0, 0.05) is 54.1 Å². The lowest BCUT2D eigenvalue weighted by Crippen LogP contribution is -2.38. The van der Waals surface area contributed by atoms with Crippen LogP contribution in [-0.2, 0) is 25.7 Å². The number of benzene rings is 3. The van der Waals surface area contributed by atoms with Gasteiger partial charge in [-0.2, -0.15) is 0 Å². The molecule has 2 N–H and O–H groups in total. The lowest BCUT2D eigenvalue weighted by Gasteiger charge is -2.28. The zero-order valence-corrected chi connectivity index (χ0v) is 23.9. The Kier molecular flexibility index (Phi) is 9.80. The summed E-state index contributed by atoms with van der Waals surface area (Å²) in [4.78, 5) is 28.3. The second-order valence-electron chi connectivity index (χ2n) is 9.79. The molecule has 3 aromatic rings. The van der Waals surface area contributed by atoms with E-state index in [1.165, 1.54) is 6.08 Å². The van der Waals surface area contributed by atoms with E-state index in [1.54, 1.807) is 24.3 Å². The van der Waals surface area contributed by atoms with Gasteiger partial charge in [-0.15, -0.1) is 0 Å². The third-order valence-corrected chi connectivity index (χ3v) is 7.36. The monoisotopic (exact) mass is 595 g/mol. The quantitative estimate of drug-likeness (QED) is 0.244. The van der Waals surface area contributed by atoms with E-state index in [2.05, 4.69) is 15.5 Å². The number of nitrogens with zero attached hydrogens (tertiary/aromatic N) is 1. The van der Waals surface area contributed by atoms with Crippen molar-refractivity contribution in [1.82, 2.24) is 4.90 Å². The van der Waals surface area contributed by atoms with Crippen molar-refractivity contribution in [3.8, 4) is 5.75 Å².